The van der Waals surface area contributed by atoms with Crippen molar-refractivity contribution in [1.29, 1.82) is 0 Å². The van der Waals surface area contributed by atoms with Crippen LogP contribution in [0.15, 0.2) is 0 Å². The van der Waals surface area contributed by atoms with Crippen molar-refractivity contribution in [2.75, 3.05) is 19.3 Å². The Morgan fingerprint density at radius 1 is 1.46 bits per heavy atom. The lowest BCUT2D eigenvalue weighted by molar-refractivity contribution is 0.427. The van der Waals surface area contributed by atoms with E-state index in [1.54, 1.807) is 11.8 Å². The van der Waals surface area contributed by atoms with Crippen LogP contribution < -0.4 is 5.14 Å². The SMILES string of the molecule is CSC1CCCCN(S(N)(=O)=O)C1. The van der Waals surface area contributed by atoms with Gasteiger partial charge in [-0.2, -0.15) is 24.5 Å². The van der Waals surface area contributed by atoms with Gasteiger partial charge < -0.3 is 0 Å². The smallest absolute Gasteiger partial charge is 0.216 e. The summed E-state index contributed by atoms with van der Waals surface area (Å²) < 4.78 is 23.6. The molecular formula is C7H16N2O2S2. The van der Waals surface area contributed by atoms with Crippen LogP contribution in [-0.4, -0.2) is 37.3 Å². The molecule has 0 aliphatic carbocycles. The first-order valence-electron chi connectivity index (χ1n) is 4.34. The van der Waals surface area contributed by atoms with E-state index in [4.69, 9.17) is 5.14 Å². The molecule has 78 valence electrons. The Morgan fingerprint density at radius 2 is 2.15 bits per heavy atom. The lowest BCUT2D eigenvalue weighted by atomic mass is 10.2. The van der Waals surface area contributed by atoms with Crippen molar-refractivity contribution in [3.8, 4) is 0 Å². The van der Waals surface area contributed by atoms with Gasteiger partial charge in [0, 0.05) is 18.3 Å². The lowest BCUT2D eigenvalue weighted by Crippen LogP contribution is -2.39. The highest BCUT2D eigenvalue weighted by molar-refractivity contribution is 7.99. The van der Waals surface area contributed by atoms with Crippen molar-refractivity contribution < 1.29 is 8.42 Å². The Morgan fingerprint density at radius 3 is 2.69 bits per heavy atom. The number of nitrogens with two attached hydrogens (primary N) is 1. The van der Waals surface area contributed by atoms with Gasteiger partial charge in [-0.3, -0.25) is 0 Å². The molecule has 13 heavy (non-hydrogen) atoms. The molecule has 1 aliphatic heterocycles. The molecule has 1 atom stereocenters. The molecule has 0 aromatic heterocycles. The summed E-state index contributed by atoms with van der Waals surface area (Å²) in [6, 6.07) is 0. The fourth-order valence-electron chi connectivity index (χ4n) is 1.49. The van der Waals surface area contributed by atoms with Gasteiger partial charge in [-0.05, 0) is 19.1 Å². The van der Waals surface area contributed by atoms with Gasteiger partial charge in [0.25, 0.3) is 10.2 Å². The van der Waals surface area contributed by atoms with E-state index in [1.807, 2.05) is 6.26 Å². The molecular weight excluding hydrogens is 208 g/mol. The van der Waals surface area contributed by atoms with Crippen molar-refractivity contribution in [2.45, 2.75) is 24.5 Å². The molecule has 0 aromatic carbocycles. The third kappa shape index (κ3) is 3.46. The standard InChI is InChI=1S/C7H16N2O2S2/c1-12-7-4-2-3-5-9(6-7)13(8,10)11/h7H,2-6H2,1H3,(H2,8,10,11). The van der Waals surface area contributed by atoms with Crippen LogP contribution in [0, 0.1) is 0 Å². The van der Waals surface area contributed by atoms with E-state index in [1.165, 1.54) is 4.31 Å². The van der Waals surface area contributed by atoms with E-state index in [-0.39, 0.29) is 0 Å². The molecule has 6 heteroatoms. The maximum atomic E-state index is 11.1. The second kappa shape index (κ2) is 4.63. The number of thioether (sulfide) groups is 1. The zero-order valence-electron chi connectivity index (χ0n) is 7.77. The van der Waals surface area contributed by atoms with Crippen LogP contribution in [0.5, 0.6) is 0 Å². The van der Waals surface area contributed by atoms with Gasteiger partial charge in [-0.1, -0.05) is 6.42 Å². The molecule has 0 spiro atoms. The normalized spacial score (nSPS) is 27.1. The summed E-state index contributed by atoms with van der Waals surface area (Å²) in [6.45, 7) is 1.15. The van der Waals surface area contributed by atoms with E-state index >= 15 is 0 Å². The van der Waals surface area contributed by atoms with Crippen LogP contribution in [0.3, 0.4) is 0 Å². The molecule has 4 nitrogen and oxygen atoms in total. The third-order valence-electron chi connectivity index (χ3n) is 2.28. The summed E-state index contributed by atoms with van der Waals surface area (Å²) in [5.74, 6) is 0. The van der Waals surface area contributed by atoms with E-state index in [0.717, 1.165) is 19.3 Å². The monoisotopic (exact) mass is 224 g/mol. The van der Waals surface area contributed by atoms with Gasteiger partial charge in [0.2, 0.25) is 0 Å². The summed E-state index contributed by atoms with van der Waals surface area (Å²) in [5.41, 5.74) is 0. The first-order valence-corrected chi connectivity index (χ1v) is 7.14. The topological polar surface area (TPSA) is 63.4 Å². The fraction of sp³-hybridized carbons (Fsp3) is 1.00. The van der Waals surface area contributed by atoms with Crippen LogP contribution in [-0.2, 0) is 10.2 Å². The average Bonchev–Trinajstić information content (AvgIpc) is 2.27. The average molecular weight is 224 g/mol. The maximum Gasteiger partial charge on any atom is 0.276 e. The molecule has 0 saturated carbocycles. The molecule has 1 aliphatic rings. The second-order valence-electron chi connectivity index (χ2n) is 3.26. The second-order valence-corrected chi connectivity index (χ2v) is 5.94. The highest BCUT2D eigenvalue weighted by atomic mass is 32.2. The summed E-state index contributed by atoms with van der Waals surface area (Å²) >= 11 is 1.72. The van der Waals surface area contributed by atoms with Crippen LogP contribution in [0.25, 0.3) is 0 Å². The predicted molar refractivity (Wildman–Crippen MR) is 55.8 cm³/mol. The molecule has 2 N–H and O–H groups in total. The number of rotatable bonds is 2. The van der Waals surface area contributed by atoms with E-state index < -0.39 is 10.2 Å². The van der Waals surface area contributed by atoms with Gasteiger partial charge >= 0.3 is 0 Å². The van der Waals surface area contributed by atoms with Crippen LogP contribution >= 0.6 is 11.8 Å². The lowest BCUT2D eigenvalue weighted by Gasteiger charge is -2.20. The minimum absolute atomic E-state index is 0.404. The predicted octanol–water partition coefficient (Wildman–Crippen LogP) is 0.407. The molecule has 0 radical (unpaired) electrons. The minimum Gasteiger partial charge on any atom is -0.216 e. The van der Waals surface area contributed by atoms with Gasteiger partial charge in [0.15, 0.2) is 0 Å². The maximum absolute atomic E-state index is 11.1. The van der Waals surface area contributed by atoms with Crippen molar-refractivity contribution >= 4 is 22.0 Å². The Kier molecular flexibility index (Phi) is 4.03. The van der Waals surface area contributed by atoms with Crippen LogP contribution in [0.1, 0.15) is 19.3 Å². The summed E-state index contributed by atoms with van der Waals surface area (Å²) in [4.78, 5) is 0. The third-order valence-corrected chi connectivity index (χ3v) is 4.39. The van der Waals surface area contributed by atoms with Crippen LogP contribution in [0.4, 0.5) is 0 Å². The zero-order chi connectivity index (χ0) is 9.90. The largest absolute Gasteiger partial charge is 0.276 e. The molecule has 0 amide bonds. The number of hydrogen-bond donors (Lipinski definition) is 1. The van der Waals surface area contributed by atoms with Crippen molar-refractivity contribution in [3.63, 3.8) is 0 Å². The molecule has 0 bridgehead atoms. The molecule has 1 heterocycles. The Hall–Kier alpha value is 0.220. The highest BCUT2D eigenvalue weighted by Crippen LogP contribution is 2.20. The van der Waals surface area contributed by atoms with Crippen LogP contribution in [0.2, 0.25) is 0 Å². The summed E-state index contributed by atoms with van der Waals surface area (Å²) in [7, 11) is -3.47. The number of nitrogens with zero attached hydrogens (tertiary/aromatic N) is 1. The first-order chi connectivity index (χ1) is 6.04. The highest BCUT2D eigenvalue weighted by Gasteiger charge is 2.23. The fourth-order valence-corrected chi connectivity index (χ4v) is 3.09. The van der Waals surface area contributed by atoms with E-state index in [2.05, 4.69) is 0 Å². The van der Waals surface area contributed by atoms with Crippen molar-refractivity contribution in [1.82, 2.24) is 4.31 Å². The Labute approximate surface area is 84.0 Å². The van der Waals surface area contributed by atoms with Gasteiger partial charge in [0.05, 0.1) is 0 Å². The molecule has 1 fully saturated rings. The van der Waals surface area contributed by atoms with Crippen molar-refractivity contribution in [3.05, 3.63) is 0 Å². The van der Waals surface area contributed by atoms with Crippen molar-refractivity contribution in [2.24, 2.45) is 5.14 Å². The van der Waals surface area contributed by atoms with E-state index in [9.17, 15) is 8.42 Å². The van der Waals surface area contributed by atoms with E-state index in [0.29, 0.717) is 18.3 Å². The molecule has 1 unspecified atom stereocenters. The molecule has 1 rings (SSSR count). The number of hydrogen-bond acceptors (Lipinski definition) is 3. The van der Waals surface area contributed by atoms with Gasteiger partial charge in [0.1, 0.15) is 0 Å². The zero-order valence-corrected chi connectivity index (χ0v) is 9.40. The Balaban J connectivity index is 2.65. The Bertz CT molecular complexity index is 253. The van der Waals surface area contributed by atoms with Gasteiger partial charge in [-0.15, -0.1) is 0 Å². The molecule has 0 aromatic rings. The minimum atomic E-state index is -3.47. The summed E-state index contributed by atoms with van der Waals surface area (Å²) in [5, 5.41) is 5.49. The molecule has 1 saturated heterocycles. The quantitative estimate of drug-likeness (QED) is 0.739. The first kappa shape index (κ1) is 11.3. The summed E-state index contributed by atoms with van der Waals surface area (Å²) in [6.07, 6.45) is 5.12. The van der Waals surface area contributed by atoms with Gasteiger partial charge in [-0.25, -0.2) is 5.14 Å².